The van der Waals surface area contributed by atoms with Crippen LogP contribution in [-0.2, 0) is 0 Å². The van der Waals surface area contributed by atoms with E-state index in [2.05, 4.69) is 10.2 Å². The van der Waals surface area contributed by atoms with Gasteiger partial charge in [0.05, 0.1) is 5.92 Å². The summed E-state index contributed by atoms with van der Waals surface area (Å²) in [4.78, 5) is 2.08. The zero-order valence-electron chi connectivity index (χ0n) is 10.7. The lowest BCUT2D eigenvalue weighted by molar-refractivity contribution is -0.183. The molecular weight excluding hydrogens is 229 g/mol. The van der Waals surface area contributed by atoms with Crippen molar-refractivity contribution >= 4 is 0 Å². The minimum absolute atomic E-state index is 0.0533. The minimum Gasteiger partial charge on any atom is -0.314 e. The summed E-state index contributed by atoms with van der Waals surface area (Å²) in [6.07, 6.45) is -0.890. The van der Waals surface area contributed by atoms with Gasteiger partial charge in [-0.1, -0.05) is 6.42 Å². The maximum atomic E-state index is 12.6. The van der Waals surface area contributed by atoms with E-state index in [1.165, 1.54) is 0 Å². The summed E-state index contributed by atoms with van der Waals surface area (Å²) in [5.74, 6) is -1.09. The maximum absolute atomic E-state index is 12.6. The van der Waals surface area contributed by atoms with Crippen molar-refractivity contribution in [1.29, 1.82) is 0 Å². The fraction of sp³-hybridized carbons (Fsp3) is 1.00. The first-order chi connectivity index (χ1) is 7.89. The number of nitrogens with one attached hydrogen (secondary N) is 1. The number of halogens is 3. The van der Waals surface area contributed by atoms with E-state index in [4.69, 9.17) is 0 Å². The molecule has 1 rings (SSSR count). The molecule has 0 saturated heterocycles. The summed E-state index contributed by atoms with van der Waals surface area (Å²) >= 11 is 0. The van der Waals surface area contributed by atoms with Crippen LogP contribution in [-0.4, -0.2) is 44.3 Å². The van der Waals surface area contributed by atoms with Crippen LogP contribution in [0.2, 0.25) is 0 Å². The number of hydrogen-bond donors (Lipinski definition) is 1. The van der Waals surface area contributed by atoms with E-state index in [9.17, 15) is 13.2 Å². The molecule has 0 aromatic heterocycles. The third kappa shape index (κ3) is 5.73. The SMILES string of the molecule is CN(C)CCCNC1CCCC(C(F)(F)F)C1. The molecule has 17 heavy (non-hydrogen) atoms. The molecule has 0 aromatic carbocycles. The van der Waals surface area contributed by atoms with E-state index < -0.39 is 12.1 Å². The molecule has 1 saturated carbocycles. The van der Waals surface area contributed by atoms with E-state index in [0.717, 1.165) is 25.9 Å². The summed E-state index contributed by atoms with van der Waals surface area (Å²) < 4.78 is 37.7. The van der Waals surface area contributed by atoms with Gasteiger partial charge in [0, 0.05) is 6.04 Å². The van der Waals surface area contributed by atoms with Crippen molar-refractivity contribution in [2.75, 3.05) is 27.2 Å². The van der Waals surface area contributed by atoms with Gasteiger partial charge in [0.15, 0.2) is 0 Å². The van der Waals surface area contributed by atoms with Gasteiger partial charge in [-0.15, -0.1) is 0 Å². The summed E-state index contributed by atoms with van der Waals surface area (Å²) in [5.41, 5.74) is 0. The average Bonchev–Trinajstić information content (AvgIpc) is 2.23. The van der Waals surface area contributed by atoms with Gasteiger partial charge in [-0.25, -0.2) is 0 Å². The Morgan fingerprint density at radius 3 is 2.53 bits per heavy atom. The molecule has 0 amide bonds. The monoisotopic (exact) mass is 252 g/mol. The van der Waals surface area contributed by atoms with Crippen molar-refractivity contribution in [3.05, 3.63) is 0 Å². The highest BCUT2D eigenvalue weighted by Crippen LogP contribution is 2.37. The molecule has 5 heteroatoms. The van der Waals surface area contributed by atoms with Crippen molar-refractivity contribution in [1.82, 2.24) is 10.2 Å². The summed E-state index contributed by atoms with van der Waals surface area (Å²) in [6, 6.07) is 0.0533. The molecule has 2 unspecified atom stereocenters. The highest BCUT2D eigenvalue weighted by molar-refractivity contribution is 4.81. The first kappa shape index (κ1) is 14.8. The molecule has 1 N–H and O–H groups in total. The Labute approximate surface area is 102 Å². The van der Waals surface area contributed by atoms with E-state index in [1.807, 2.05) is 14.1 Å². The summed E-state index contributed by atoms with van der Waals surface area (Å²) in [7, 11) is 4.00. The van der Waals surface area contributed by atoms with Crippen molar-refractivity contribution < 1.29 is 13.2 Å². The molecule has 0 heterocycles. The number of hydrogen-bond acceptors (Lipinski definition) is 2. The second-order valence-electron chi connectivity index (χ2n) is 5.21. The molecule has 0 radical (unpaired) electrons. The Balaban J connectivity index is 2.21. The molecule has 0 bridgehead atoms. The highest BCUT2D eigenvalue weighted by atomic mass is 19.4. The molecule has 0 spiro atoms. The van der Waals surface area contributed by atoms with Crippen LogP contribution in [0.25, 0.3) is 0 Å². The van der Waals surface area contributed by atoms with Gasteiger partial charge in [0.1, 0.15) is 0 Å². The topological polar surface area (TPSA) is 15.3 Å². The predicted molar refractivity (Wildman–Crippen MR) is 63.0 cm³/mol. The van der Waals surface area contributed by atoms with Crippen LogP contribution in [0, 0.1) is 5.92 Å². The van der Waals surface area contributed by atoms with Crippen LogP contribution in [0.5, 0.6) is 0 Å². The second kappa shape index (κ2) is 6.59. The predicted octanol–water partition coefficient (Wildman–Crippen LogP) is 2.65. The molecule has 2 nitrogen and oxygen atoms in total. The minimum atomic E-state index is -4.01. The second-order valence-corrected chi connectivity index (χ2v) is 5.21. The zero-order valence-corrected chi connectivity index (χ0v) is 10.7. The lowest BCUT2D eigenvalue weighted by atomic mass is 9.85. The van der Waals surface area contributed by atoms with Crippen molar-refractivity contribution in [2.45, 2.75) is 44.3 Å². The Morgan fingerprint density at radius 1 is 1.24 bits per heavy atom. The van der Waals surface area contributed by atoms with Gasteiger partial charge in [0.25, 0.3) is 0 Å². The smallest absolute Gasteiger partial charge is 0.314 e. The average molecular weight is 252 g/mol. The lowest BCUT2D eigenvalue weighted by Gasteiger charge is -2.31. The third-order valence-electron chi connectivity index (χ3n) is 3.35. The Kier molecular flexibility index (Phi) is 5.73. The number of nitrogens with zero attached hydrogens (tertiary/aromatic N) is 1. The Hall–Kier alpha value is -0.290. The Bertz CT molecular complexity index is 216. The van der Waals surface area contributed by atoms with Gasteiger partial charge in [-0.05, 0) is 52.9 Å². The van der Waals surface area contributed by atoms with Crippen molar-refractivity contribution in [3.63, 3.8) is 0 Å². The van der Waals surface area contributed by atoms with Crippen LogP contribution < -0.4 is 5.32 Å². The lowest BCUT2D eigenvalue weighted by Crippen LogP contribution is -2.39. The fourth-order valence-electron chi connectivity index (χ4n) is 2.37. The fourth-order valence-corrected chi connectivity index (χ4v) is 2.37. The molecule has 1 aliphatic rings. The molecule has 102 valence electrons. The molecule has 2 atom stereocenters. The highest BCUT2D eigenvalue weighted by Gasteiger charge is 2.41. The zero-order chi connectivity index (χ0) is 12.9. The van der Waals surface area contributed by atoms with Crippen LogP contribution >= 0.6 is 0 Å². The van der Waals surface area contributed by atoms with Crippen LogP contribution in [0.4, 0.5) is 13.2 Å². The normalized spacial score (nSPS) is 26.5. The van der Waals surface area contributed by atoms with Gasteiger partial charge < -0.3 is 10.2 Å². The van der Waals surface area contributed by atoms with Crippen LogP contribution in [0.15, 0.2) is 0 Å². The van der Waals surface area contributed by atoms with E-state index in [0.29, 0.717) is 12.8 Å². The molecule has 0 aliphatic heterocycles. The number of alkyl halides is 3. The number of rotatable bonds is 5. The molecule has 1 fully saturated rings. The Morgan fingerprint density at radius 2 is 1.94 bits per heavy atom. The summed E-state index contributed by atoms with van der Waals surface area (Å²) in [6.45, 7) is 1.79. The largest absolute Gasteiger partial charge is 0.391 e. The standard InChI is InChI=1S/C12H23F3N2/c1-17(2)8-4-7-16-11-6-3-5-10(9-11)12(13,14)15/h10-11,16H,3-9H2,1-2H3. The van der Waals surface area contributed by atoms with Crippen LogP contribution in [0.1, 0.15) is 32.1 Å². The van der Waals surface area contributed by atoms with Gasteiger partial charge in [0.2, 0.25) is 0 Å². The first-order valence-electron chi connectivity index (χ1n) is 6.34. The van der Waals surface area contributed by atoms with Crippen molar-refractivity contribution in [3.8, 4) is 0 Å². The van der Waals surface area contributed by atoms with E-state index in [-0.39, 0.29) is 12.5 Å². The first-order valence-corrected chi connectivity index (χ1v) is 6.34. The third-order valence-corrected chi connectivity index (χ3v) is 3.35. The van der Waals surface area contributed by atoms with Gasteiger partial charge in [-0.2, -0.15) is 13.2 Å². The van der Waals surface area contributed by atoms with E-state index in [1.54, 1.807) is 0 Å². The quantitative estimate of drug-likeness (QED) is 0.757. The molecule has 1 aliphatic carbocycles. The summed E-state index contributed by atoms with van der Waals surface area (Å²) in [5, 5.41) is 3.25. The van der Waals surface area contributed by atoms with Gasteiger partial charge >= 0.3 is 6.18 Å². The van der Waals surface area contributed by atoms with Crippen molar-refractivity contribution in [2.24, 2.45) is 5.92 Å². The molecule has 0 aromatic rings. The maximum Gasteiger partial charge on any atom is 0.391 e. The van der Waals surface area contributed by atoms with E-state index >= 15 is 0 Å². The van der Waals surface area contributed by atoms with Crippen LogP contribution in [0.3, 0.4) is 0 Å². The van der Waals surface area contributed by atoms with Gasteiger partial charge in [-0.3, -0.25) is 0 Å². The molecular formula is C12H23F3N2.